The van der Waals surface area contributed by atoms with Gasteiger partial charge >= 0.3 is 0 Å². The molecule has 4 aromatic rings. The second kappa shape index (κ2) is 8.67. The van der Waals surface area contributed by atoms with Gasteiger partial charge in [-0.25, -0.2) is 19.3 Å². The van der Waals surface area contributed by atoms with Gasteiger partial charge in [-0.05, 0) is 61.1 Å². The van der Waals surface area contributed by atoms with E-state index in [0.717, 1.165) is 29.7 Å². The van der Waals surface area contributed by atoms with Crippen molar-refractivity contribution in [1.82, 2.24) is 29.6 Å². The van der Waals surface area contributed by atoms with Crippen molar-refractivity contribution in [3.8, 4) is 5.82 Å². The van der Waals surface area contributed by atoms with E-state index in [1.54, 1.807) is 22.9 Å². The number of fused-ring (bicyclic) bond motifs is 3. The zero-order valence-corrected chi connectivity index (χ0v) is 20.5. The molecule has 37 heavy (non-hydrogen) atoms. The first-order valence-corrected chi connectivity index (χ1v) is 12.4. The van der Waals surface area contributed by atoms with Crippen molar-refractivity contribution in [1.29, 1.82) is 0 Å². The Kier molecular flexibility index (Phi) is 5.41. The quantitative estimate of drug-likeness (QED) is 0.350. The van der Waals surface area contributed by atoms with Crippen molar-refractivity contribution in [3.05, 3.63) is 81.9 Å². The lowest BCUT2D eigenvalue weighted by Crippen LogP contribution is -2.31. The molecule has 3 aromatic heterocycles. The Balaban J connectivity index is 1.46. The number of anilines is 2. The second-order valence-corrected chi connectivity index (χ2v) is 9.48. The highest BCUT2D eigenvalue weighted by atomic mass is 16.3. The van der Waals surface area contributed by atoms with Crippen molar-refractivity contribution in [3.63, 3.8) is 0 Å². The number of nitrogens with one attached hydrogen (secondary N) is 2. The molecule has 4 heterocycles. The zero-order chi connectivity index (χ0) is 25.7. The highest BCUT2D eigenvalue weighted by Crippen LogP contribution is 2.38. The van der Waals surface area contributed by atoms with Crippen LogP contribution in [0.1, 0.15) is 46.9 Å². The van der Waals surface area contributed by atoms with Gasteiger partial charge in [0.2, 0.25) is 5.95 Å². The summed E-state index contributed by atoms with van der Waals surface area (Å²) in [7, 11) is 0. The second-order valence-electron chi connectivity index (χ2n) is 9.48. The molecule has 10 heteroatoms. The Labute approximate surface area is 212 Å². The van der Waals surface area contributed by atoms with Crippen LogP contribution in [0.15, 0.2) is 54.0 Å². The van der Waals surface area contributed by atoms with Gasteiger partial charge in [-0.1, -0.05) is 19.1 Å². The molecule has 1 aliphatic heterocycles. The minimum atomic E-state index is -0.983. The first-order chi connectivity index (χ1) is 17.9. The summed E-state index contributed by atoms with van der Waals surface area (Å²) in [6.45, 7) is 6.60. The van der Waals surface area contributed by atoms with E-state index in [-0.39, 0.29) is 18.0 Å². The number of carbonyl (C=O) groups excluding carboxylic acids is 1. The number of amides is 1. The molecule has 1 aromatic carbocycles. The first kappa shape index (κ1) is 23.1. The van der Waals surface area contributed by atoms with Gasteiger partial charge in [-0.3, -0.25) is 9.59 Å². The summed E-state index contributed by atoms with van der Waals surface area (Å²) in [6, 6.07) is 9.32. The van der Waals surface area contributed by atoms with Gasteiger partial charge in [0, 0.05) is 24.0 Å². The van der Waals surface area contributed by atoms with E-state index in [1.807, 2.05) is 25.1 Å². The van der Waals surface area contributed by atoms with Crippen LogP contribution in [0.5, 0.6) is 0 Å². The first-order valence-electron chi connectivity index (χ1n) is 12.4. The topological polar surface area (TPSA) is 127 Å². The van der Waals surface area contributed by atoms with Gasteiger partial charge < -0.3 is 15.7 Å². The van der Waals surface area contributed by atoms with Gasteiger partial charge in [0.05, 0.1) is 12.2 Å². The summed E-state index contributed by atoms with van der Waals surface area (Å²) < 4.78 is 3.18. The summed E-state index contributed by atoms with van der Waals surface area (Å²) in [5.74, 6) is 0.726. The fourth-order valence-corrected chi connectivity index (χ4v) is 5.25. The number of rotatable bonds is 6. The number of pyridine rings is 1. The minimum absolute atomic E-state index is 0.0742. The number of aromatic nitrogens is 5. The van der Waals surface area contributed by atoms with E-state index in [9.17, 15) is 14.7 Å². The lowest BCUT2D eigenvalue weighted by molar-refractivity contribution is 0.0305. The van der Waals surface area contributed by atoms with Crippen molar-refractivity contribution in [2.75, 3.05) is 11.9 Å². The lowest BCUT2D eigenvalue weighted by atomic mass is 9.98. The number of nitrogens with zero attached hydrogens (tertiary/aromatic N) is 5. The summed E-state index contributed by atoms with van der Waals surface area (Å²) in [6.07, 6.45) is 5.83. The smallest absolute Gasteiger partial charge is 0.278 e. The summed E-state index contributed by atoms with van der Waals surface area (Å²) in [5, 5.41) is 17.5. The molecule has 0 spiro atoms. The molecule has 1 amide bonds. The molecular formula is C27H27N7O3. The number of aryl methyl sites for hydroxylation is 1. The predicted octanol–water partition coefficient (Wildman–Crippen LogP) is 2.74. The van der Waals surface area contributed by atoms with Crippen LogP contribution in [0.2, 0.25) is 0 Å². The van der Waals surface area contributed by atoms with Crippen LogP contribution >= 0.6 is 0 Å². The molecule has 0 bridgehead atoms. The average molecular weight is 498 g/mol. The van der Waals surface area contributed by atoms with Crippen LogP contribution in [0.4, 0.5) is 11.6 Å². The van der Waals surface area contributed by atoms with E-state index in [4.69, 9.17) is 9.97 Å². The number of allylic oxidation sites excluding steroid dienone is 1. The van der Waals surface area contributed by atoms with Crippen LogP contribution in [0, 0.1) is 0 Å². The number of carbonyl (C=O) groups is 1. The largest absolute Gasteiger partial charge is 0.384 e. The van der Waals surface area contributed by atoms with E-state index in [1.165, 1.54) is 10.9 Å². The predicted molar refractivity (Wildman–Crippen MR) is 139 cm³/mol. The molecular weight excluding hydrogens is 470 g/mol. The van der Waals surface area contributed by atoms with E-state index < -0.39 is 5.60 Å². The molecule has 188 valence electrons. The number of aliphatic hydroxyl groups is 1. The summed E-state index contributed by atoms with van der Waals surface area (Å²) >= 11 is 0. The fraction of sp³-hybridized carbons (Fsp3) is 0.296. The highest BCUT2D eigenvalue weighted by molar-refractivity contribution is 5.97. The van der Waals surface area contributed by atoms with Crippen molar-refractivity contribution in [2.24, 2.45) is 0 Å². The summed E-state index contributed by atoms with van der Waals surface area (Å²) in [5.41, 5.74) is 3.19. The van der Waals surface area contributed by atoms with Gasteiger partial charge in [-0.15, -0.1) is 6.58 Å². The Hall–Kier alpha value is -4.31. The lowest BCUT2D eigenvalue weighted by Gasteiger charge is -2.21. The number of hydrogen-bond donors (Lipinski definition) is 3. The van der Waals surface area contributed by atoms with E-state index >= 15 is 0 Å². The third kappa shape index (κ3) is 3.72. The maximum Gasteiger partial charge on any atom is 0.278 e. The Morgan fingerprint density at radius 2 is 2.05 bits per heavy atom. The average Bonchev–Trinajstić information content (AvgIpc) is 3.38. The third-order valence-corrected chi connectivity index (χ3v) is 7.28. The van der Waals surface area contributed by atoms with Gasteiger partial charge in [-0.2, -0.15) is 4.98 Å². The van der Waals surface area contributed by atoms with Gasteiger partial charge in [0.15, 0.2) is 11.5 Å². The normalized spacial score (nSPS) is 18.4. The molecule has 0 saturated carbocycles. The molecule has 6 rings (SSSR count). The van der Waals surface area contributed by atoms with Crippen molar-refractivity contribution in [2.45, 2.75) is 44.8 Å². The Morgan fingerprint density at radius 3 is 2.86 bits per heavy atom. The van der Waals surface area contributed by atoms with Crippen LogP contribution in [0.3, 0.4) is 0 Å². The molecule has 2 aliphatic rings. The number of hydrogen-bond acceptors (Lipinski definition) is 7. The Morgan fingerprint density at radius 1 is 1.19 bits per heavy atom. The highest BCUT2D eigenvalue weighted by Gasteiger charge is 2.37. The molecule has 1 aliphatic carbocycles. The van der Waals surface area contributed by atoms with E-state index in [2.05, 4.69) is 22.2 Å². The van der Waals surface area contributed by atoms with Crippen molar-refractivity contribution < 1.29 is 9.90 Å². The summed E-state index contributed by atoms with van der Waals surface area (Å²) in [4.78, 5) is 39.2. The fourth-order valence-electron chi connectivity index (χ4n) is 5.25. The molecule has 0 unspecified atom stereocenters. The van der Waals surface area contributed by atoms with Crippen LogP contribution in [-0.4, -0.2) is 41.9 Å². The van der Waals surface area contributed by atoms with Crippen LogP contribution < -0.4 is 16.2 Å². The molecule has 0 saturated heterocycles. The maximum atomic E-state index is 13.3. The van der Waals surface area contributed by atoms with Crippen molar-refractivity contribution >= 4 is 28.6 Å². The SMILES string of the molecule is C=CCn1c(=O)c2cnc(Nc3ccc4c(c3)CCNC4=O)nc2n1-c1ccc2c(n1)[C@@](O)(CC)CC2. The standard InChI is InChI=1S/C27H27N7O3/c1-3-13-33-25(36)20-15-29-26(30-18-6-7-19-17(14-18)10-12-28-24(19)35)32-23(20)34(33)21-8-5-16-9-11-27(37,4-2)22(16)31-21/h3,5-8,14-15,37H,1,4,9-13H2,2H3,(H,28,35)(H,29,30,32)/t27-/m1/s1. The molecule has 0 radical (unpaired) electrons. The monoisotopic (exact) mass is 497 g/mol. The van der Waals surface area contributed by atoms with E-state index in [0.29, 0.717) is 53.4 Å². The minimum Gasteiger partial charge on any atom is -0.384 e. The van der Waals surface area contributed by atoms with Gasteiger partial charge in [0.1, 0.15) is 11.0 Å². The molecule has 10 nitrogen and oxygen atoms in total. The van der Waals surface area contributed by atoms with Crippen LogP contribution in [-0.2, 0) is 25.0 Å². The van der Waals surface area contributed by atoms with Crippen LogP contribution in [0.25, 0.3) is 16.9 Å². The molecule has 1 atom stereocenters. The number of benzene rings is 1. The zero-order valence-electron chi connectivity index (χ0n) is 20.5. The Bertz CT molecular complexity index is 1640. The molecule has 3 N–H and O–H groups in total. The third-order valence-electron chi connectivity index (χ3n) is 7.28. The van der Waals surface area contributed by atoms with Gasteiger partial charge in [0.25, 0.3) is 11.5 Å². The maximum absolute atomic E-state index is 13.3. The molecule has 0 fully saturated rings.